The van der Waals surface area contributed by atoms with Gasteiger partial charge in [-0.2, -0.15) is 0 Å². The lowest BCUT2D eigenvalue weighted by Gasteiger charge is -2.28. The Morgan fingerprint density at radius 2 is 2.17 bits per heavy atom. The van der Waals surface area contributed by atoms with Crippen LogP contribution >= 0.6 is 0 Å². The number of aliphatic carboxylic acids is 1. The molecule has 0 radical (unpaired) electrons. The van der Waals surface area contributed by atoms with Crippen LogP contribution in [0.2, 0.25) is 0 Å². The smallest absolute Gasteiger partial charge is 0.332 e. The van der Waals surface area contributed by atoms with Crippen molar-refractivity contribution in [2.75, 3.05) is 0 Å². The first kappa shape index (κ1) is 9.52. The van der Waals surface area contributed by atoms with Gasteiger partial charge in [0.1, 0.15) is 0 Å². The summed E-state index contributed by atoms with van der Waals surface area (Å²) in [6, 6.07) is 0. The maximum absolute atomic E-state index is 10.4. The highest BCUT2D eigenvalue weighted by Crippen LogP contribution is 2.32. The molecule has 70 valence electrons. The van der Waals surface area contributed by atoms with Gasteiger partial charge < -0.3 is 10.2 Å². The first-order valence-corrected chi connectivity index (χ1v) is 4.52. The van der Waals surface area contributed by atoms with Crippen LogP contribution in [-0.2, 0) is 4.79 Å². The SMILES string of the molecule is CC(CC1CCC1)C(O)C(=O)O. The van der Waals surface area contributed by atoms with Crippen molar-refractivity contribution < 1.29 is 15.0 Å². The van der Waals surface area contributed by atoms with Crippen LogP contribution in [0, 0.1) is 11.8 Å². The molecule has 1 aliphatic rings. The van der Waals surface area contributed by atoms with Gasteiger partial charge in [0.05, 0.1) is 0 Å². The van der Waals surface area contributed by atoms with E-state index in [1.165, 1.54) is 19.3 Å². The van der Waals surface area contributed by atoms with Gasteiger partial charge in [-0.3, -0.25) is 0 Å². The van der Waals surface area contributed by atoms with E-state index in [9.17, 15) is 4.79 Å². The van der Waals surface area contributed by atoms with Crippen LogP contribution in [0.25, 0.3) is 0 Å². The summed E-state index contributed by atoms with van der Waals surface area (Å²) >= 11 is 0. The van der Waals surface area contributed by atoms with Crippen molar-refractivity contribution in [2.24, 2.45) is 11.8 Å². The molecule has 1 aliphatic carbocycles. The van der Waals surface area contributed by atoms with Crippen LogP contribution in [0.3, 0.4) is 0 Å². The van der Waals surface area contributed by atoms with E-state index in [1.807, 2.05) is 0 Å². The fourth-order valence-electron chi connectivity index (χ4n) is 1.63. The highest BCUT2D eigenvalue weighted by molar-refractivity contribution is 5.72. The monoisotopic (exact) mass is 172 g/mol. The Morgan fingerprint density at radius 1 is 1.58 bits per heavy atom. The van der Waals surface area contributed by atoms with Crippen molar-refractivity contribution in [3.8, 4) is 0 Å². The van der Waals surface area contributed by atoms with Crippen molar-refractivity contribution in [1.29, 1.82) is 0 Å². The minimum absolute atomic E-state index is 0.104. The van der Waals surface area contributed by atoms with E-state index in [0.29, 0.717) is 5.92 Å². The number of aliphatic hydroxyl groups is 1. The van der Waals surface area contributed by atoms with Crippen molar-refractivity contribution in [1.82, 2.24) is 0 Å². The van der Waals surface area contributed by atoms with Crippen molar-refractivity contribution in [3.05, 3.63) is 0 Å². The van der Waals surface area contributed by atoms with E-state index in [-0.39, 0.29) is 5.92 Å². The lowest BCUT2D eigenvalue weighted by atomic mass is 9.78. The zero-order valence-electron chi connectivity index (χ0n) is 7.36. The maximum atomic E-state index is 10.4. The number of aliphatic hydroxyl groups excluding tert-OH is 1. The lowest BCUT2D eigenvalue weighted by molar-refractivity contribution is -0.149. The molecule has 0 spiro atoms. The van der Waals surface area contributed by atoms with E-state index in [1.54, 1.807) is 6.92 Å². The normalized spacial score (nSPS) is 22.8. The zero-order valence-corrected chi connectivity index (χ0v) is 7.36. The highest BCUT2D eigenvalue weighted by Gasteiger charge is 2.27. The number of hydrogen-bond donors (Lipinski definition) is 2. The zero-order chi connectivity index (χ0) is 9.14. The predicted molar refractivity (Wildman–Crippen MR) is 44.8 cm³/mol. The molecule has 2 atom stereocenters. The molecule has 1 fully saturated rings. The highest BCUT2D eigenvalue weighted by atomic mass is 16.4. The van der Waals surface area contributed by atoms with Crippen LogP contribution in [0.15, 0.2) is 0 Å². The third-order valence-electron chi connectivity index (χ3n) is 2.72. The van der Waals surface area contributed by atoms with Crippen LogP contribution in [0.5, 0.6) is 0 Å². The van der Waals surface area contributed by atoms with Crippen LogP contribution < -0.4 is 0 Å². The molecular formula is C9H16O3. The molecule has 1 saturated carbocycles. The van der Waals surface area contributed by atoms with E-state index in [0.717, 1.165) is 6.42 Å². The Kier molecular flexibility index (Phi) is 3.09. The maximum Gasteiger partial charge on any atom is 0.332 e. The molecule has 0 aliphatic heterocycles. The summed E-state index contributed by atoms with van der Waals surface area (Å²) in [4.78, 5) is 10.4. The first-order valence-electron chi connectivity index (χ1n) is 4.52. The average Bonchev–Trinajstić information content (AvgIpc) is 1.94. The molecule has 0 aromatic rings. The Bertz CT molecular complexity index is 163. The van der Waals surface area contributed by atoms with Gasteiger partial charge in [-0.15, -0.1) is 0 Å². The molecule has 0 amide bonds. The fourth-order valence-corrected chi connectivity index (χ4v) is 1.63. The van der Waals surface area contributed by atoms with Gasteiger partial charge >= 0.3 is 5.97 Å². The molecule has 1 rings (SSSR count). The quantitative estimate of drug-likeness (QED) is 0.671. The second-order valence-electron chi connectivity index (χ2n) is 3.79. The molecule has 12 heavy (non-hydrogen) atoms. The Morgan fingerprint density at radius 3 is 2.50 bits per heavy atom. The summed E-state index contributed by atoms with van der Waals surface area (Å²) in [5, 5.41) is 17.7. The average molecular weight is 172 g/mol. The van der Waals surface area contributed by atoms with Crippen molar-refractivity contribution >= 4 is 5.97 Å². The van der Waals surface area contributed by atoms with Gasteiger partial charge in [-0.1, -0.05) is 26.2 Å². The summed E-state index contributed by atoms with van der Waals surface area (Å²) < 4.78 is 0. The molecular weight excluding hydrogens is 156 g/mol. The lowest BCUT2D eigenvalue weighted by Crippen LogP contribution is -2.30. The minimum atomic E-state index is -1.18. The van der Waals surface area contributed by atoms with Crippen LogP contribution in [0.1, 0.15) is 32.6 Å². The number of rotatable bonds is 4. The summed E-state index contributed by atoms with van der Waals surface area (Å²) in [6.07, 6.45) is 3.35. The van der Waals surface area contributed by atoms with Gasteiger partial charge in [0.25, 0.3) is 0 Å². The number of carbonyl (C=O) groups is 1. The third kappa shape index (κ3) is 2.21. The molecule has 0 saturated heterocycles. The van der Waals surface area contributed by atoms with Gasteiger partial charge in [-0.25, -0.2) is 4.79 Å². The van der Waals surface area contributed by atoms with Crippen molar-refractivity contribution in [3.63, 3.8) is 0 Å². The number of carboxylic acid groups (broad SMARTS) is 1. The third-order valence-corrected chi connectivity index (χ3v) is 2.72. The Balaban J connectivity index is 2.25. The number of hydrogen-bond acceptors (Lipinski definition) is 2. The van der Waals surface area contributed by atoms with Crippen LogP contribution in [-0.4, -0.2) is 22.3 Å². The van der Waals surface area contributed by atoms with Crippen molar-refractivity contribution in [2.45, 2.75) is 38.7 Å². The van der Waals surface area contributed by atoms with E-state index in [2.05, 4.69) is 0 Å². The van der Waals surface area contributed by atoms with Gasteiger partial charge in [0.2, 0.25) is 0 Å². The first-order chi connectivity index (χ1) is 5.61. The molecule has 0 aromatic heterocycles. The molecule has 3 heteroatoms. The van der Waals surface area contributed by atoms with Gasteiger partial charge in [-0.05, 0) is 18.3 Å². The molecule has 0 aromatic carbocycles. The standard InChI is InChI=1S/C9H16O3/c1-6(8(10)9(11)12)5-7-3-2-4-7/h6-8,10H,2-5H2,1H3,(H,11,12). The van der Waals surface area contributed by atoms with Crippen LogP contribution in [0.4, 0.5) is 0 Å². The van der Waals surface area contributed by atoms with Gasteiger partial charge in [0, 0.05) is 0 Å². The Labute approximate surface area is 72.4 Å². The summed E-state index contributed by atoms with van der Waals surface area (Å²) in [5.41, 5.74) is 0. The van der Waals surface area contributed by atoms with E-state index in [4.69, 9.17) is 10.2 Å². The molecule has 3 nitrogen and oxygen atoms in total. The topological polar surface area (TPSA) is 57.5 Å². The fraction of sp³-hybridized carbons (Fsp3) is 0.889. The Hall–Kier alpha value is -0.570. The summed E-state index contributed by atoms with van der Waals surface area (Å²) in [7, 11) is 0. The number of carboxylic acids is 1. The van der Waals surface area contributed by atoms with E-state index >= 15 is 0 Å². The minimum Gasteiger partial charge on any atom is -0.479 e. The van der Waals surface area contributed by atoms with E-state index < -0.39 is 12.1 Å². The largest absolute Gasteiger partial charge is 0.479 e. The summed E-state index contributed by atoms with van der Waals surface area (Å²) in [5.74, 6) is -0.538. The second-order valence-corrected chi connectivity index (χ2v) is 3.79. The second kappa shape index (κ2) is 3.90. The molecule has 0 bridgehead atoms. The summed E-state index contributed by atoms with van der Waals surface area (Å²) in [6.45, 7) is 1.80. The molecule has 0 heterocycles. The molecule has 2 N–H and O–H groups in total. The molecule has 2 unspecified atom stereocenters. The van der Waals surface area contributed by atoms with Gasteiger partial charge in [0.15, 0.2) is 6.10 Å². The predicted octanol–water partition coefficient (Wildman–Crippen LogP) is 1.26.